The van der Waals surface area contributed by atoms with E-state index in [1.807, 2.05) is 0 Å². The molecule has 0 saturated carbocycles. The van der Waals surface area contributed by atoms with Gasteiger partial charge in [0.05, 0.1) is 0 Å². The first kappa shape index (κ1) is 10.3. The molecule has 2 rings (SSSR count). The number of hydrogen-bond acceptors (Lipinski definition) is 3. The first-order valence-corrected chi connectivity index (χ1v) is 5.47. The first-order chi connectivity index (χ1) is 7.25. The van der Waals surface area contributed by atoms with E-state index in [0.29, 0.717) is 11.7 Å². The van der Waals surface area contributed by atoms with Crippen LogP contribution in [0.5, 0.6) is 11.5 Å². The summed E-state index contributed by atoms with van der Waals surface area (Å²) in [6, 6.07) is 4.73. The van der Waals surface area contributed by atoms with Crippen LogP contribution in [0.15, 0.2) is 18.2 Å². The Morgan fingerprint density at radius 2 is 2.20 bits per heavy atom. The fourth-order valence-corrected chi connectivity index (χ4v) is 2.14. The van der Waals surface area contributed by atoms with Gasteiger partial charge in [0.2, 0.25) is 0 Å². The molecule has 3 nitrogen and oxygen atoms in total. The molecule has 1 aromatic rings. The smallest absolute Gasteiger partial charge is 0.119 e. The van der Waals surface area contributed by atoms with Crippen molar-refractivity contribution in [1.82, 2.24) is 5.32 Å². The first-order valence-electron chi connectivity index (χ1n) is 5.47. The second kappa shape index (κ2) is 4.53. The molecule has 15 heavy (non-hydrogen) atoms. The van der Waals surface area contributed by atoms with E-state index in [4.69, 9.17) is 0 Å². The Labute approximate surface area is 89.8 Å². The van der Waals surface area contributed by atoms with Crippen molar-refractivity contribution in [3.8, 4) is 11.5 Å². The van der Waals surface area contributed by atoms with Gasteiger partial charge in [-0.15, -0.1) is 0 Å². The minimum atomic E-state index is 0.228. The van der Waals surface area contributed by atoms with Gasteiger partial charge in [0.25, 0.3) is 0 Å². The molecule has 1 aromatic carbocycles. The average Bonchev–Trinajstić information content (AvgIpc) is 2.25. The number of phenolic OH excluding ortho intramolecular Hbond substituents is 2. The van der Waals surface area contributed by atoms with E-state index >= 15 is 0 Å². The summed E-state index contributed by atoms with van der Waals surface area (Å²) in [4.78, 5) is 0. The largest absolute Gasteiger partial charge is 0.508 e. The zero-order valence-electron chi connectivity index (χ0n) is 8.74. The SMILES string of the molecule is Oc1ccc(O)c(CC2CCCNC2)c1. The predicted molar refractivity (Wildman–Crippen MR) is 59.1 cm³/mol. The summed E-state index contributed by atoms with van der Waals surface area (Å²) in [5.41, 5.74) is 0.851. The Bertz CT molecular complexity index is 332. The topological polar surface area (TPSA) is 52.5 Å². The van der Waals surface area contributed by atoms with Crippen LogP contribution < -0.4 is 5.32 Å². The van der Waals surface area contributed by atoms with E-state index in [2.05, 4.69) is 5.32 Å². The lowest BCUT2D eigenvalue weighted by Crippen LogP contribution is -2.30. The molecule has 82 valence electrons. The van der Waals surface area contributed by atoms with E-state index in [1.165, 1.54) is 18.9 Å². The highest BCUT2D eigenvalue weighted by Crippen LogP contribution is 2.26. The Balaban J connectivity index is 2.05. The Hall–Kier alpha value is -1.22. The Morgan fingerprint density at radius 3 is 2.93 bits per heavy atom. The lowest BCUT2D eigenvalue weighted by molar-refractivity contribution is 0.368. The summed E-state index contributed by atoms with van der Waals surface area (Å²) in [6.07, 6.45) is 3.24. The van der Waals surface area contributed by atoms with Crippen molar-refractivity contribution < 1.29 is 10.2 Å². The van der Waals surface area contributed by atoms with Gasteiger partial charge in [-0.25, -0.2) is 0 Å². The van der Waals surface area contributed by atoms with Crippen molar-refractivity contribution >= 4 is 0 Å². The van der Waals surface area contributed by atoms with Gasteiger partial charge >= 0.3 is 0 Å². The number of piperidine rings is 1. The van der Waals surface area contributed by atoms with Crippen LogP contribution in [0.25, 0.3) is 0 Å². The molecule has 1 saturated heterocycles. The fourth-order valence-electron chi connectivity index (χ4n) is 2.14. The Morgan fingerprint density at radius 1 is 1.33 bits per heavy atom. The number of nitrogens with one attached hydrogen (secondary N) is 1. The van der Waals surface area contributed by atoms with Crippen LogP contribution >= 0.6 is 0 Å². The van der Waals surface area contributed by atoms with Crippen molar-refractivity contribution in [3.05, 3.63) is 23.8 Å². The molecular formula is C12H17NO2. The maximum absolute atomic E-state index is 9.63. The third-order valence-electron chi connectivity index (χ3n) is 2.97. The third kappa shape index (κ3) is 2.63. The van der Waals surface area contributed by atoms with Gasteiger partial charge in [-0.05, 0) is 62.0 Å². The summed E-state index contributed by atoms with van der Waals surface area (Å²) in [6.45, 7) is 2.11. The Kier molecular flexibility index (Phi) is 3.11. The van der Waals surface area contributed by atoms with Crippen molar-refractivity contribution in [1.29, 1.82) is 0 Å². The zero-order valence-corrected chi connectivity index (χ0v) is 8.74. The summed E-state index contributed by atoms with van der Waals surface area (Å²) in [5.74, 6) is 1.09. The van der Waals surface area contributed by atoms with Crippen molar-refractivity contribution in [2.45, 2.75) is 19.3 Å². The van der Waals surface area contributed by atoms with Gasteiger partial charge in [-0.1, -0.05) is 0 Å². The molecule has 1 unspecified atom stereocenters. The maximum Gasteiger partial charge on any atom is 0.119 e. The summed E-state index contributed by atoms with van der Waals surface area (Å²) < 4.78 is 0. The second-order valence-electron chi connectivity index (χ2n) is 4.23. The molecule has 0 amide bonds. The van der Waals surface area contributed by atoms with E-state index < -0.39 is 0 Å². The molecule has 0 aliphatic carbocycles. The van der Waals surface area contributed by atoms with Crippen LogP contribution in [-0.2, 0) is 6.42 Å². The third-order valence-corrected chi connectivity index (χ3v) is 2.97. The lowest BCUT2D eigenvalue weighted by Gasteiger charge is -2.23. The molecule has 0 spiro atoms. The summed E-state index contributed by atoms with van der Waals surface area (Å²) >= 11 is 0. The highest BCUT2D eigenvalue weighted by atomic mass is 16.3. The van der Waals surface area contributed by atoms with E-state index in [9.17, 15) is 10.2 Å². The number of rotatable bonds is 2. The minimum absolute atomic E-state index is 0.228. The van der Waals surface area contributed by atoms with Crippen molar-refractivity contribution in [2.75, 3.05) is 13.1 Å². The van der Waals surface area contributed by atoms with Gasteiger partial charge in [-0.2, -0.15) is 0 Å². The molecule has 1 aliphatic heterocycles. The average molecular weight is 207 g/mol. The van der Waals surface area contributed by atoms with Crippen LogP contribution in [0, 0.1) is 5.92 Å². The number of aromatic hydroxyl groups is 2. The maximum atomic E-state index is 9.63. The summed E-state index contributed by atoms with van der Waals surface area (Å²) in [5, 5.41) is 22.3. The second-order valence-corrected chi connectivity index (χ2v) is 4.23. The number of benzene rings is 1. The highest BCUT2D eigenvalue weighted by Gasteiger charge is 2.15. The van der Waals surface area contributed by atoms with Crippen molar-refractivity contribution in [3.63, 3.8) is 0 Å². The molecule has 1 aliphatic rings. The van der Waals surface area contributed by atoms with Gasteiger partial charge in [0, 0.05) is 0 Å². The molecule has 3 N–H and O–H groups in total. The molecule has 1 atom stereocenters. The van der Waals surface area contributed by atoms with Gasteiger partial charge in [0.1, 0.15) is 11.5 Å². The van der Waals surface area contributed by atoms with Crippen LogP contribution in [0.2, 0.25) is 0 Å². The van der Waals surface area contributed by atoms with Crippen molar-refractivity contribution in [2.24, 2.45) is 5.92 Å². The van der Waals surface area contributed by atoms with Crippen LogP contribution in [0.3, 0.4) is 0 Å². The van der Waals surface area contributed by atoms with Gasteiger partial charge < -0.3 is 15.5 Å². The monoisotopic (exact) mass is 207 g/mol. The predicted octanol–water partition coefficient (Wildman–Crippen LogP) is 1.64. The van der Waals surface area contributed by atoms with Crippen LogP contribution in [0.1, 0.15) is 18.4 Å². The molecule has 0 aromatic heterocycles. The van der Waals surface area contributed by atoms with Gasteiger partial charge in [-0.3, -0.25) is 0 Å². The molecule has 3 heteroatoms. The molecule has 0 bridgehead atoms. The molecule has 1 heterocycles. The zero-order chi connectivity index (χ0) is 10.7. The lowest BCUT2D eigenvalue weighted by atomic mass is 9.92. The fraction of sp³-hybridized carbons (Fsp3) is 0.500. The molecule has 0 radical (unpaired) electrons. The quantitative estimate of drug-likeness (QED) is 0.646. The van der Waals surface area contributed by atoms with E-state index in [1.54, 1.807) is 12.1 Å². The molecular weight excluding hydrogens is 190 g/mol. The highest BCUT2D eigenvalue weighted by molar-refractivity contribution is 5.38. The normalized spacial score (nSPS) is 21.5. The van der Waals surface area contributed by atoms with Crippen LogP contribution in [0.4, 0.5) is 0 Å². The van der Waals surface area contributed by atoms with E-state index in [-0.39, 0.29) is 5.75 Å². The standard InChI is InChI=1S/C12H17NO2/c14-11-3-4-12(15)10(7-11)6-9-2-1-5-13-8-9/h3-4,7,9,13-15H,1-2,5-6,8H2. The number of hydrogen-bond donors (Lipinski definition) is 3. The summed E-state index contributed by atoms with van der Waals surface area (Å²) in [7, 11) is 0. The minimum Gasteiger partial charge on any atom is -0.508 e. The molecule has 1 fully saturated rings. The number of phenols is 2. The van der Waals surface area contributed by atoms with E-state index in [0.717, 1.165) is 25.1 Å². The van der Waals surface area contributed by atoms with Gasteiger partial charge in [0.15, 0.2) is 0 Å². The van der Waals surface area contributed by atoms with Crippen LogP contribution in [-0.4, -0.2) is 23.3 Å².